The average Bonchev–Trinajstić information content (AvgIpc) is 3.44. The molecule has 31 heavy (non-hydrogen) atoms. The molecule has 0 amide bonds. The fraction of sp³-hybridized carbons (Fsp3) is 0.0870. The highest BCUT2D eigenvalue weighted by molar-refractivity contribution is 9.10. The Morgan fingerprint density at radius 2 is 1.77 bits per heavy atom. The molecule has 0 saturated carbocycles. The largest absolute Gasteiger partial charge is 0.457 e. The predicted molar refractivity (Wildman–Crippen MR) is 121 cm³/mol. The molecule has 154 valence electrons. The van der Waals surface area contributed by atoms with Crippen LogP contribution in [0.1, 0.15) is 11.3 Å². The first-order valence-electron chi connectivity index (χ1n) is 9.69. The number of aromatic amines is 1. The third-order valence-corrected chi connectivity index (χ3v) is 5.72. The summed E-state index contributed by atoms with van der Waals surface area (Å²) in [5.41, 5.74) is 3.78. The van der Waals surface area contributed by atoms with E-state index in [0.29, 0.717) is 12.4 Å². The van der Waals surface area contributed by atoms with Crippen LogP contribution >= 0.6 is 15.9 Å². The van der Waals surface area contributed by atoms with E-state index < -0.39 is 0 Å². The van der Waals surface area contributed by atoms with Crippen molar-refractivity contribution in [2.24, 2.45) is 0 Å². The predicted octanol–water partition coefficient (Wildman–Crippen LogP) is 4.92. The zero-order chi connectivity index (χ0) is 21.2. The first-order chi connectivity index (χ1) is 15.2. The van der Waals surface area contributed by atoms with E-state index in [9.17, 15) is 5.11 Å². The van der Waals surface area contributed by atoms with E-state index in [2.05, 4.69) is 41.1 Å². The molecule has 2 heterocycles. The Morgan fingerprint density at radius 1 is 0.968 bits per heavy atom. The number of halogens is 1. The third-order valence-electron chi connectivity index (χ3n) is 5.07. The van der Waals surface area contributed by atoms with E-state index in [-0.39, 0.29) is 6.61 Å². The summed E-state index contributed by atoms with van der Waals surface area (Å²) in [5.74, 6) is 2.05. The van der Waals surface area contributed by atoms with Gasteiger partial charge in [0.2, 0.25) is 5.82 Å². The van der Waals surface area contributed by atoms with Crippen LogP contribution in [0.5, 0.6) is 11.5 Å². The van der Waals surface area contributed by atoms with Crippen molar-refractivity contribution in [3.63, 3.8) is 0 Å². The van der Waals surface area contributed by atoms with Gasteiger partial charge < -0.3 is 14.4 Å². The summed E-state index contributed by atoms with van der Waals surface area (Å²) in [6.07, 6.45) is 0. The van der Waals surface area contributed by atoms with Crippen molar-refractivity contribution in [1.82, 2.24) is 25.2 Å². The minimum absolute atomic E-state index is 0.0586. The summed E-state index contributed by atoms with van der Waals surface area (Å²) in [4.78, 5) is 0. The number of rotatable bonds is 6. The lowest BCUT2D eigenvalue weighted by molar-refractivity contribution is 0.272. The van der Waals surface area contributed by atoms with E-state index >= 15 is 0 Å². The average molecular weight is 476 g/mol. The molecule has 0 saturated heterocycles. The summed E-state index contributed by atoms with van der Waals surface area (Å²) in [7, 11) is 0. The number of nitrogens with one attached hydrogen (secondary N) is 1. The van der Waals surface area contributed by atoms with Crippen molar-refractivity contribution in [2.75, 3.05) is 0 Å². The van der Waals surface area contributed by atoms with Crippen LogP contribution in [0.4, 0.5) is 0 Å². The number of aliphatic hydroxyl groups excluding tert-OH is 1. The summed E-state index contributed by atoms with van der Waals surface area (Å²) < 4.78 is 9.06. The number of ether oxygens (including phenoxy) is 1. The van der Waals surface area contributed by atoms with Crippen molar-refractivity contribution in [3.05, 3.63) is 88.5 Å². The topological polar surface area (TPSA) is 88.9 Å². The van der Waals surface area contributed by atoms with Crippen molar-refractivity contribution >= 4 is 26.8 Å². The maximum absolute atomic E-state index is 9.97. The molecule has 0 unspecified atom stereocenters. The van der Waals surface area contributed by atoms with Gasteiger partial charge in [-0.25, -0.2) is 0 Å². The van der Waals surface area contributed by atoms with Crippen molar-refractivity contribution in [2.45, 2.75) is 13.2 Å². The van der Waals surface area contributed by atoms with E-state index in [4.69, 9.17) is 4.74 Å². The van der Waals surface area contributed by atoms with Crippen LogP contribution in [-0.4, -0.2) is 30.3 Å². The molecule has 0 fully saturated rings. The van der Waals surface area contributed by atoms with E-state index in [1.807, 2.05) is 72.8 Å². The van der Waals surface area contributed by atoms with Crippen LogP contribution in [0.15, 0.2) is 77.3 Å². The van der Waals surface area contributed by atoms with Crippen LogP contribution < -0.4 is 4.74 Å². The highest BCUT2D eigenvalue weighted by Crippen LogP contribution is 2.34. The van der Waals surface area contributed by atoms with Gasteiger partial charge in [0.1, 0.15) is 11.5 Å². The Bertz CT molecular complexity index is 1320. The molecular formula is C23H18BrN5O2. The van der Waals surface area contributed by atoms with Gasteiger partial charge in [0.15, 0.2) is 0 Å². The number of aromatic nitrogens is 5. The quantitative estimate of drug-likeness (QED) is 0.363. The molecule has 8 heteroatoms. The molecule has 0 aliphatic heterocycles. The summed E-state index contributed by atoms with van der Waals surface area (Å²) >= 11 is 3.66. The monoisotopic (exact) mass is 475 g/mol. The van der Waals surface area contributed by atoms with Crippen LogP contribution in [0.3, 0.4) is 0 Å². The maximum atomic E-state index is 9.97. The molecule has 0 aliphatic rings. The highest BCUT2D eigenvalue weighted by atomic mass is 79.9. The van der Waals surface area contributed by atoms with Crippen molar-refractivity contribution in [1.29, 1.82) is 0 Å². The zero-order valence-corrected chi connectivity index (χ0v) is 18.0. The maximum Gasteiger partial charge on any atom is 0.204 e. The molecule has 0 spiro atoms. The standard InChI is InChI=1S/C23H18BrN5O2/c24-21-11-19(31-18-4-2-1-3-5-18)12-22-20(21)10-17(14-30)29(22)13-15-6-8-16(9-7-15)23-25-27-28-26-23/h1-12,30H,13-14H2,(H,25,26,27,28). The highest BCUT2D eigenvalue weighted by Gasteiger charge is 2.14. The number of nitrogens with zero attached hydrogens (tertiary/aromatic N) is 4. The fourth-order valence-electron chi connectivity index (χ4n) is 3.57. The molecule has 2 N–H and O–H groups in total. The lowest BCUT2D eigenvalue weighted by Gasteiger charge is -2.12. The lowest BCUT2D eigenvalue weighted by Crippen LogP contribution is -2.04. The fourth-order valence-corrected chi connectivity index (χ4v) is 4.11. The van der Waals surface area contributed by atoms with Gasteiger partial charge in [-0.15, -0.1) is 10.2 Å². The number of para-hydroxylation sites is 1. The minimum Gasteiger partial charge on any atom is -0.457 e. The summed E-state index contributed by atoms with van der Waals surface area (Å²) in [6.45, 7) is 0.546. The smallest absolute Gasteiger partial charge is 0.204 e. The number of H-pyrrole nitrogens is 1. The molecule has 5 rings (SSSR count). The Labute approximate surface area is 186 Å². The molecule has 2 aromatic heterocycles. The van der Waals surface area contributed by atoms with Gasteiger partial charge in [-0.3, -0.25) is 0 Å². The first-order valence-corrected chi connectivity index (χ1v) is 10.5. The van der Waals surface area contributed by atoms with Gasteiger partial charge >= 0.3 is 0 Å². The Balaban J connectivity index is 1.51. The Kier molecular flexibility index (Phi) is 5.23. The van der Waals surface area contributed by atoms with Gasteiger partial charge in [0.05, 0.1) is 12.1 Å². The number of aliphatic hydroxyl groups is 1. The third kappa shape index (κ3) is 3.95. The minimum atomic E-state index is -0.0586. The van der Waals surface area contributed by atoms with Gasteiger partial charge in [0.25, 0.3) is 0 Å². The molecule has 7 nitrogen and oxygen atoms in total. The number of hydrogen-bond acceptors (Lipinski definition) is 5. The van der Waals surface area contributed by atoms with Gasteiger partial charge in [-0.2, -0.15) is 5.21 Å². The number of benzene rings is 3. The lowest BCUT2D eigenvalue weighted by atomic mass is 10.1. The Hall–Kier alpha value is -3.49. The van der Waals surface area contributed by atoms with Crippen LogP contribution in [0, 0.1) is 0 Å². The Morgan fingerprint density at radius 3 is 2.48 bits per heavy atom. The number of hydrogen-bond donors (Lipinski definition) is 2. The normalized spacial score (nSPS) is 11.2. The molecular weight excluding hydrogens is 458 g/mol. The molecule has 0 aliphatic carbocycles. The van der Waals surface area contributed by atoms with Gasteiger partial charge in [0, 0.05) is 33.7 Å². The van der Waals surface area contributed by atoms with Crippen molar-refractivity contribution < 1.29 is 9.84 Å². The van der Waals surface area contributed by atoms with E-state index in [1.54, 1.807) is 0 Å². The van der Waals surface area contributed by atoms with Gasteiger partial charge in [-0.1, -0.05) is 42.5 Å². The molecule has 5 aromatic rings. The van der Waals surface area contributed by atoms with Crippen LogP contribution in [-0.2, 0) is 13.2 Å². The SMILES string of the molecule is OCc1cc2c(Br)cc(Oc3ccccc3)cc2n1Cc1ccc(-c2nn[nH]n2)cc1. The van der Waals surface area contributed by atoms with E-state index in [0.717, 1.165) is 43.7 Å². The molecule has 3 aromatic carbocycles. The van der Waals surface area contributed by atoms with E-state index in [1.165, 1.54) is 0 Å². The second kappa shape index (κ2) is 8.33. The second-order valence-electron chi connectivity index (χ2n) is 7.07. The molecule has 0 bridgehead atoms. The van der Waals surface area contributed by atoms with Gasteiger partial charge in [-0.05, 0) is 51.0 Å². The second-order valence-corrected chi connectivity index (χ2v) is 7.92. The van der Waals surface area contributed by atoms with Crippen LogP contribution in [0.2, 0.25) is 0 Å². The summed E-state index contributed by atoms with van der Waals surface area (Å²) in [6, 6.07) is 23.6. The van der Waals surface area contributed by atoms with Crippen molar-refractivity contribution in [3.8, 4) is 22.9 Å². The molecule has 0 atom stereocenters. The zero-order valence-electron chi connectivity index (χ0n) is 16.4. The number of fused-ring (bicyclic) bond motifs is 1. The first kappa shape index (κ1) is 19.5. The van der Waals surface area contributed by atoms with Crippen LogP contribution in [0.25, 0.3) is 22.3 Å². The molecule has 0 radical (unpaired) electrons. The summed E-state index contributed by atoms with van der Waals surface area (Å²) in [5, 5.41) is 25.1. The number of tetrazole rings is 1.